The van der Waals surface area contributed by atoms with Gasteiger partial charge in [-0.3, -0.25) is 14.4 Å². The van der Waals surface area contributed by atoms with E-state index in [4.69, 9.17) is 14.2 Å². The average Bonchev–Trinajstić information content (AvgIpc) is 3.14. The predicted octanol–water partition coefficient (Wildman–Crippen LogP) is 12.0. The minimum atomic E-state index is -0.154. The second kappa shape index (κ2) is 24.9. The Balaban J connectivity index is 1.71. The van der Waals surface area contributed by atoms with Gasteiger partial charge in [-0.25, -0.2) is 0 Å². The van der Waals surface area contributed by atoms with Gasteiger partial charge in [-0.15, -0.1) is 0 Å². The van der Waals surface area contributed by atoms with Gasteiger partial charge in [0.25, 0.3) is 0 Å². The van der Waals surface area contributed by atoms with Crippen molar-refractivity contribution in [2.24, 2.45) is 34.0 Å². The molecule has 7 heteroatoms. The first-order valence-electron chi connectivity index (χ1n) is 23.3. The molecule has 2 unspecified atom stereocenters. The first-order chi connectivity index (χ1) is 26.1. The van der Waals surface area contributed by atoms with Gasteiger partial charge in [-0.05, 0) is 108 Å². The van der Waals surface area contributed by atoms with Crippen LogP contribution in [0.25, 0.3) is 0 Å². The number of carbonyl (C=O) groups is 3. The molecule has 7 nitrogen and oxygen atoms in total. The Hall–Kier alpha value is -1.63. The van der Waals surface area contributed by atoms with E-state index >= 15 is 0 Å². The summed E-state index contributed by atoms with van der Waals surface area (Å²) in [6, 6.07) is 0. The van der Waals surface area contributed by atoms with Crippen LogP contribution < -0.4 is 0 Å². The molecule has 4 fully saturated rings. The molecule has 0 aromatic carbocycles. The molecule has 4 bridgehead atoms. The van der Waals surface area contributed by atoms with Gasteiger partial charge in [-0.1, -0.05) is 119 Å². The van der Waals surface area contributed by atoms with Gasteiger partial charge in [0.2, 0.25) is 0 Å². The number of carbonyl (C=O) groups excluding carboxylic acids is 3. The lowest BCUT2D eigenvalue weighted by molar-refractivity contribution is -0.213. The number of ether oxygens (including phenoxy) is 3. The fourth-order valence-corrected chi connectivity index (χ4v) is 11.3. The van der Waals surface area contributed by atoms with Crippen LogP contribution in [-0.2, 0) is 28.6 Å². The molecule has 4 saturated carbocycles. The molecule has 0 N–H and O–H groups in total. The second-order valence-electron chi connectivity index (χ2n) is 18.7. The maximum atomic E-state index is 13.5. The van der Waals surface area contributed by atoms with Crippen LogP contribution in [-0.4, -0.2) is 62.3 Å². The van der Waals surface area contributed by atoms with Crippen LogP contribution in [0.2, 0.25) is 0 Å². The van der Waals surface area contributed by atoms with Gasteiger partial charge < -0.3 is 19.1 Å². The minimum absolute atomic E-state index is 0.0462. The summed E-state index contributed by atoms with van der Waals surface area (Å²) in [5.41, 5.74) is -0.461. The van der Waals surface area contributed by atoms with Crippen LogP contribution >= 0.6 is 0 Å². The van der Waals surface area contributed by atoms with Crippen molar-refractivity contribution >= 4 is 17.9 Å². The first kappa shape index (κ1) is 46.8. The zero-order valence-electron chi connectivity index (χ0n) is 36.3. The van der Waals surface area contributed by atoms with Crippen molar-refractivity contribution in [2.75, 3.05) is 39.5 Å². The summed E-state index contributed by atoms with van der Waals surface area (Å²) in [6.45, 7) is 17.5. The van der Waals surface area contributed by atoms with Gasteiger partial charge in [-0.2, -0.15) is 0 Å². The van der Waals surface area contributed by atoms with E-state index < -0.39 is 0 Å². The maximum absolute atomic E-state index is 13.5. The fourth-order valence-electron chi connectivity index (χ4n) is 11.3. The van der Waals surface area contributed by atoms with Crippen LogP contribution in [0.1, 0.15) is 208 Å². The Morgan fingerprint density at radius 3 is 1.20 bits per heavy atom. The molecule has 0 aromatic heterocycles. The quantitative estimate of drug-likeness (QED) is 0.0384. The predicted molar refractivity (Wildman–Crippen MR) is 221 cm³/mol. The van der Waals surface area contributed by atoms with Crippen LogP contribution in [0, 0.1) is 34.0 Å². The first-order valence-corrected chi connectivity index (χ1v) is 23.3. The highest BCUT2D eigenvalue weighted by Gasteiger charge is 2.64. The minimum Gasteiger partial charge on any atom is -0.465 e. The van der Waals surface area contributed by atoms with Crippen molar-refractivity contribution in [1.82, 2.24) is 4.90 Å². The van der Waals surface area contributed by atoms with E-state index in [9.17, 15) is 14.4 Å². The molecule has 0 spiro atoms. The molecular weight excluding hydrogens is 675 g/mol. The maximum Gasteiger partial charge on any atom is 0.306 e. The molecule has 314 valence electrons. The third-order valence-electron chi connectivity index (χ3n) is 13.6. The van der Waals surface area contributed by atoms with Crippen LogP contribution in [0.3, 0.4) is 0 Å². The summed E-state index contributed by atoms with van der Waals surface area (Å²) in [7, 11) is 0. The van der Waals surface area contributed by atoms with E-state index in [1.165, 1.54) is 77.0 Å². The average molecular weight is 760 g/mol. The number of hydrogen-bond donors (Lipinski definition) is 0. The van der Waals surface area contributed by atoms with Gasteiger partial charge >= 0.3 is 17.9 Å². The highest BCUT2D eigenvalue weighted by Crippen LogP contribution is 2.70. The van der Waals surface area contributed by atoms with E-state index in [1.807, 2.05) is 0 Å². The van der Waals surface area contributed by atoms with Crippen molar-refractivity contribution < 1.29 is 28.6 Å². The molecule has 4 aliphatic rings. The lowest BCUT2D eigenvalue weighted by Crippen LogP contribution is -2.61. The molecule has 4 aliphatic carbocycles. The van der Waals surface area contributed by atoms with Crippen LogP contribution in [0.5, 0.6) is 0 Å². The number of nitrogens with zero attached hydrogens (tertiary/aromatic N) is 1. The summed E-state index contributed by atoms with van der Waals surface area (Å²) in [6.07, 6.45) is 27.0. The standard InChI is InChI=1S/C47H85NO6/c1-7-13-17-22-39(23-18-14-8-2)28-43(50)53-37-46-31-41-30-45(33-46,36-52-42(49)26-21-27-48(11-5)12-6)34-47(32-41,35-46)38-54-44(51)29-40(24-19-15-9-3)25-20-16-10-4/h39-41H,7-38H2,1-6H3. The lowest BCUT2D eigenvalue weighted by atomic mass is 9.40. The van der Waals surface area contributed by atoms with E-state index in [-0.39, 0.29) is 34.2 Å². The number of esters is 3. The van der Waals surface area contributed by atoms with E-state index in [1.54, 1.807) is 0 Å². The number of rotatable bonds is 32. The van der Waals surface area contributed by atoms with Crippen molar-refractivity contribution in [2.45, 2.75) is 208 Å². The smallest absolute Gasteiger partial charge is 0.306 e. The lowest BCUT2D eigenvalue weighted by Gasteiger charge is -2.66. The molecule has 0 heterocycles. The van der Waals surface area contributed by atoms with Crippen molar-refractivity contribution in [3.05, 3.63) is 0 Å². The molecular formula is C47H85NO6. The topological polar surface area (TPSA) is 82.1 Å². The largest absolute Gasteiger partial charge is 0.465 e. The van der Waals surface area contributed by atoms with E-state index in [0.717, 1.165) is 90.3 Å². The summed E-state index contributed by atoms with van der Waals surface area (Å²) in [5.74, 6) is 1.07. The molecule has 0 aromatic rings. The highest BCUT2D eigenvalue weighted by atomic mass is 16.5. The molecule has 54 heavy (non-hydrogen) atoms. The van der Waals surface area contributed by atoms with E-state index in [0.29, 0.717) is 56.8 Å². The third kappa shape index (κ3) is 16.1. The molecule has 0 radical (unpaired) electrons. The Kier molecular flexibility index (Phi) is 21.5. The van der Waals surface area contributed by atoms with Crippen molar-refractivity contribution in [1.29, 1.82) is 0 Å². The number of unbranched alkanes of at least 4 members (excludes halogenated alkanes) is 8. The fraction of sp³-hybridized carbons (Fsp3) is 0.936. The Morgan fingerprint density at radius 2 is 0.870 bits per heavy atom. The zero-order valence-corrected chi connectivity index (χ0v) is 36.3. The molecule has 0 amide bonds. The van der Waals surface area contributed by atoms with Crippen molar-refractivity contribution in [3.63, 3.8) is 0 Å². The second-order valence-corrected chi connectivity index (χ2v) is 18.7. The van der Waals surface area contributed by atoms with Gasteiger partial charge in [0, 0.05) is 35.5 Å². The van der Waals surface area contributed by atoms with Gasteiger partial charge in [0.05, 0.1) is 19.8 Å². The Morgan fingerprint density at radius 1 is 0.519 bits per heavy atom. The Labute approximate surface area is 332 Å². The summed E-state index contributed by atoms with van der Waals surface area (Å²) in [5, 5.41) is 0. The van der Waals surface area contributed by atoms with Gasteiger partial charge in [0.15, 0.2) is 0 Å². The monoisotopic (exact) mass is 760 g/mol. The summed E-state index contributed by atoms with van der Waals surface area (Å²) < 4.78 is 18.7. The van der Waals surface area contributed by atoms with E-state index in [2.05, 4.69) is 46.4 Å². The SMILES string of the molecule is CCCCCC(CCCCC)CC(=O)OCC12CC3CC(COC(=O)CCCN(CC)CC)(C1)CC(COC(=O)CC(CCCCC)CCCCC)(C3)C2. The third-order valence-corrected chi connectivity index (χ3v) is 13.6. The molecule has 0 saturated heterocycles. The molecule has 0 aliphatic heterocycles. The summed E-state index contributed by atoms with van der Waals surface area (Å²) in [4.78, 5) is 42.5. The number of hydrogen-bond acceptors (Lipinski definition) is 7. The zero-order chi connectivity index (χ0) is 39.3. The van der Waals surface area contributed by atoms with Gasteiger partial charge in [0.1, 0.15) is 0 Å². The molecule has 2 atom stereocenters. The molecule has 4 rings (SSSR count). The Bertz CT molecular complexity index is 994. The highest BCUT2D eigenvalue weighted by molar-refractivity contribution is 5.70. The van der Waals surface area contributed by atoms with Crippen LogP contribution in [0.4, 0.5) is 0 Å². The van der Waals surface area contributed by atoms with Crippen LogP contribution in [0.15, 0.2) is 0 Å². The summed E-state index contributed by atoms with van der Waals surface area (Å²) >= 11 is 0. The normalized spacial score (nSPS) is 24.5. The van der Waals surface area contributed by atoms with Crippen molar-refractivity contribution in [3.8, 4) is 0 Å².